The van der Waals surface area contributed by atoms with Gasteiger partial charge in [0.25, 0.3) is 17.7 Å². The fourth-order valence-corrected chi connectivity index (χ4v) is 3.52. The molecule has 9 heteroatoms. The third kappa shape index (κ3) is 3.84. The maximum absolute atomic E-state index is 12.9. The van der Waals surface area contributed by atoms with Crippen molar-refractivity contribution in [3.05, 3.63) is 65.5 Å². The predicted molar refractivity (Wildman–Crippen MR) is 112 cm³/mol. The number of hydrogen-bond donors (Lipinski definition) is 0. The van der Waals surface area contributed by atoms with Crippen LogP contribution in [0.4, 0.5) is 0 Å². The predicted octanol–water partition coefficient (Wildman–Crippen LogP) is 3.11. The van der Waals surface area contributed by atoms with E-state index in [1.807, 2.05) is 0 Å². The van der Waals surface area contributed by atoms with E-state index in [0.717, 1.165) is 4.90 Å². The van der Waals surface area contributed by atoms with Gasteiger partial charge in [-0.25, -0.2) is 4.79 Å². The molecule has 2 amide bonds. The van der Waals surface area contributed by atoms with E-state index in [-0.39, 0.29) is 35.4 Å². The molecule has 164 valence electrons. The number of methoxy groups -OCH3 is 1. The molecule has 0 saturated carbocycles. The van der Waals surface area contributed by atoms with Gasteiger partial charge in [0.2, 0.25) is 5.82 Å². The zero-order valence-electron chi connectivity index (χ0n) is 17.8. The van der Waals surface area contributed by atoms with Crippen molar-refractivity contribution in [1.29, 1.82) is 0 Å². The van der Waals surface area contributed by atoms with E-state index in [1.165, 1.54) is 0 Å². The van der Waals surface area contributed by atoms with E-state index in [9.17, 15) is 14.4 Å². The number of esters is 1. The molecule has 1 aliphatic heterocycles. The minimum absolute atomic E-state index is 0.161. The Bertz CT molecular complexity index is 1130. The summed E-state index contributed by atoms with van der Waals surface area (Å²) in [5.74, 6) is -0.982. The average Bonchev–Trinajstić information content (AvgIpc) is 3.37. The SMILES string of the molecule is COc1ccc(-c2nc(COC(=O)[C@H](C(C)C)N3C(=O)c4ccccc4C3=O)no2)cc1. The molecular formula is C23H21N3O6. The molecule has 0 N–H and O–H groups in total. The number of carbonyl (C=O) groups is 3. The maximum atomic E-state index is 12.9. The first-order valence-electron chi connectivity index (χ1n) is 10.0. The van der Waals surface area contributed by atoms with Crippen molar-refractivity contribution in [2.24, 2.45) is 5.92 Å². The third-order valence-corrected chi connectivity index (χ3v) is 5.13. The lowest BCUT2D eigenvalue weighted by Crippen LogP contribution is -2.48. The van der Waals surface area contributed by atoms with Gasteiger partial charge in [0.1, 0.15) is 11.8 Å². The minimum atomic E-state index is -1.07. The highest BCUT2D eigenvalue weighted by Crippen LogP contribution is 2.28. The molecule has 0 saturated heterocycles. The summed E-state index contributed by atoms with van der Waals surface area (Å²) in [6, 6.07) is 12.5. The molecule has 2 aromatic carbocycles. The van der Waals surface area contributed by atoms with E-state index >= 15 is 0 Å². The van der Waals surface area contributed by atoms with E-state index in [2.05, 4.69) is 10.1 Å². The number of ether oxygens (including phenoxy) is 2. The van der Waals surface area contributed by atoms with Crippen LogP contribution >= 0.6 is 0 Å². The lowest BCUT2D eigenvalue weighted by molar-refractivity contribution is -0.151. The second kappa shape index (κ2) is 8.62. The fraction of sp³-hybridized carbons (Fsp3) is 0.261. The molecule has 0 aliphatic carbocycles. The molecule has 0 unspecified atom stereocenters. The Morgan fingerprint density at radius 2 is 1.66 bits per heavy atom. The summed E-state index contributed by atoms with van der Waals surface area (Å²) < 4.78 is 15.7. The number of imide groups is 1. The van der Waals surface area contributed by atoms with Crippen LogP contribution in [-0.2, 0) is 16.1 Å². The van der Waals surface area contributed by atoms with Gasteiger partial charge in [-0.3, -0.25) is 14.5 Å². The summed E-state index contributed by atoms with van der Waals surface area (Å²) in [5, 5.41) is 3.83. The number of aromatic nitrogens is 2. The van der Waals surface area contributed by atoms with Gasteiger partial charge in [-0.2, -0.15) is 4.98 Å². The Morgan fingerprint density at radius 3 is 2.22 bits per heavy atom. The molecule has 4 rings (SSSR count). The molecule has 0 spiro atoms. The van der Waals surface area contributed by atoms with E-state index in [0.29, 0.717) is 11.3 Å². The second-order valence-corrected chi connectivity index (χ2v) is 7.57. The van der Waals surface area contributed by atoms with Gasteiger partial charge in [0.15, 0.2) is 6.61 Å². The van der Waals surface area contributed by atoms with Crippen molar-refractivity contribution in [1.82, 2.24) is 15.0 Å². The third-order valence-electron chi connectivity index (χ3n) is 5.13. The van der Waals surface area contributed by atoms with Crippen LogP contribution in [0.25, 0.3) is 11.5 Å². The molecule has 32 heavy (non-hydrogen) atoms. The van der Waals surface area contributed by atoms with Crippen molar-refractivity contribution in [3.8, 4) is 17.2 Å². The van der Waals surface area contributed by atoms with Crippen molar-refractivity contribution >= 4 is 17.8 Å². The number of carbonyl (C=O) groups excluding carboxylic acids is 3. The number of amides is 2. The highest BCUT2D eigenvalue weighted by Gasteiger charge is 2.44. The smallest absolute Gasteiger partial charge is 0.330 e. The van der Waals surface area contributed by atoms with Crippen LogP contribution in [0.1, 0.15) is 40.4 Å². The zero-order valence-corrected chi connectivity index (χ0v) is 17.8. The summed E-state index contributed by atoms with van der Waals surface area (Å²) >= 11 is 0. The number of benzene rings is 2. The topological polar surface area (TPSA) is 112 Å². The van der Waals surface area contributed by atoms with Crippen LogP contribution in [0, 0.1) is 5.92 Å². The number of fused-ring (bicyclic) bond motifs is 1. The van der Waals surface area contributed by atoms with Crippen LogP contribution in [0.5, 0.6) is 5.75 Å². The Labute approximate surface area is 183 Å². The van der Waals surface area contributed by atoms with Gasteiger partial charge in [-0.05, 0) is 42.3 Å². The average molecular weight is 435 g/mol. The van der Waals surface area contributed by atoms with Crippen molar-refractivity contribution < 1.29 is 28.4 Å². The largest absolute Gasteiger partial charge is 0.497 e. The monoisotopic (exact) mass is 435 g/mol. The van der Waals surface area contributed by atoms with Gasteiger partial charge in [0, 0.05) is 5.56 Å². The summed E-state index contributed by atoms with van der Waals surface area (Å²) in [5.41, 5.74) is 1.23. The minimum Gasteiger partial charge on any atom is -0.497 e. The molecule has 1 aliphatic rings. The van der Waals surface area contributed by atoms with Gasteiger partial charge in [-0.15, -0.1) is 0 Å². The van der Waals surface area contributed by atoms with E-state index in [4.69, 9.17) is 14.0 Å². The summed E-state index contributed by atoms with van der Waals surface area (Å²) in [6.07, 6.45) is 0. The normalized spacial score (nSPS) is 13.9. The molecule has 3 aromatic rings. The van der Waals surface area contributed by atoms with Crippen LogP contribution in [0.2, 0.25) is 0 Å². The Kier molecular flexibility index (Phi) is 5.72. The highest BCUT2D eigenvalue weighted by atomic mass is 16.5. The van der Waals surface area contributed by atoms with Crippen molar-refractivity contribution in [2.45, 2.75) is 26.5 Å². The summed E-state index contributed by atoms with van der Waals surface area (Å²) in [7, 11) is 1.57. The number of nitrogens with zero attached hydrogens (tertiary/aromatic N) is 3. The Balaban J connectivity index is 1.46. The van der Waals surface area contributed by atoms with Gasteiger partial charge < -0.3 is 14.0 Å². The van der Waals surface area contributed by atoms with Gasteiger partial charge in [0.05, 0.1) is 18.2 Å². The Morgan fingerprint density at radius 1 is 1.03 bits per heavy atom. The molecule has 0 radical (unpaired) electrons. The summed E-state index contributed by atoms with van der Waals surface area (Å²) in [6.45, 7) is 3.22. The second-order valence-electron chi connectivity index (χ2n) is 7.57. The van der Waals surface area contributed by atoms with Gasteiger partial charge >= 0.3 is 5.97 Å². The zero-order chi connectivity index (χ0) is 22.8. The van der Waals surface area contributed by atoms with Crippen LogP contribution in [-0.4, -0.2) is 46.0 Å². The van der Waals surface area contributed by atoms with Crippen LogP contribution in [0.3, 0.4) is 0 Å². The molecule has 0 fully saturated rings. The van der Waals surface area contributed by atoms with Gasteiger partial charge in [-0.1, -0.05) is 31.1 Å². The highest BCUT2D eigenvalue weighted by molar-refractivity contribution is 6.22. The quantitative estimate of drug-likeness (QED) is 0.411. The first kappa shape index (κ1) is 21.2. The van der Waals surface area contributed by atoms with E-state index < -0.39 is 23.8 Å². The Hall–Kier alpha value is -4.01. The number of rotatable bonds is 7. The van der Waals surface area contributed by atoms with Crippen LogP contribution in [0.15, 0.2) is 53.1 Å². The molecule has 2 heterocycles. The fourth-order valence-electron chi connectivity index (χ4n) is 3.52. The van der Waals surface area contributed by atoms with Crippen LogP contribution < -0.4 is 4.74 Å². The standard InChI is InChI=1S/C23H21N3O6/c1-13(2)19(26-21(27)16-6-4-5-7-17(16)22(26)28)23(29)31-12-18-24-20(32-25-18)14-8-10-15(30-3)11-9-14/h4-11,13,19H,12H2,1-3H3/t19-/m0/s1. The first-order valence-corrected chi connectivity index (χ1v) is 10.0. The lowest BCUT2D eigenvalue weighted by Gasteiger charge is -2.27. The molecule has 0 bridgehead atoms. The molecular weight excluding hydrogens is 414 g/mol. The first-order chi connectivity index (χ1) is 15.4. The molecule has 1 aromatic heterocycles. The molecule has 9 nitrogen and oxygen atoms in total. The van der Waals surface area contributed by atoms with Crippen molar-refractivity contribution in [2.75, 3.05) is 7.11 Å². The van der Waals surface area contributed by atoms with Crippen molar-refractivity contribution in [3.63, 3.8) is 0 Å². The molecule has 1 atom stereocenters. The number of hydrogen-bond acceptors (Lipinski definition) is 8. The summed E-state index contributed by atoms with van der Waals surface area (Å²) in [4.78, 5) is 43.6. The van der Waals surface area contributed by atoms with E-state index in [1.54, 1.807) is 69.5 Å². The lowest BCUT2D eigenvalue weighted by atomic mass is 10.0. The maximum Gasteiger partial charge on any atom is 0.330 e.